The number of thiazole rings is 1. The van der Waals surface area contributed by atoms with Crippen molar-refractivity contribution in [2.24, 2.45) is 0 Å². The van der Waals surface area contributed by atoms with Gasteiger partial charge in [0.25, 0.3) is 0 Å². The lowest BCUT2D eigenvalue weighted by Gasteiger charge is -1.95. The maximum Gasteiger partial charge on any atom is 0.303 e. The lowest BCUT2D eigenvalue weighted by molar-refractivity contribution is -0.137. The molecule has 0 saturated carbocycles. The highest BCUT2D eigenvalue weighted by Crippen LogP contribution is 2.18. The number of nitrogen functional groups attached to an aromatic ring is 1. The predicted molar refractivity (Wildman–Crippen MR) is 62.1 cm³/mol. The number of anilines is 1. The molecule has 5 nitrogen and oxygen atoms in total. The minimum absolute atomic E-state index is 0.0990. The van der Waals surface area contributed by atoms with E-state index in [0.29, 0.717) is 35.5 Å². The van der Waals surface area contributed by atoms with Crippen molar-refractivity contribution < 1.29 is 14.7 Å². The lowest BCUT2D eigenvalue weighted by atomic mass is 10.1. The Balaban J connectivity index is 2.57. The highest BCUT2D eigenvalue weighted by molar-refractivity contribution is 7.13. The second kappa shape index (κ2) is 6.02. The van der Waals surface area contributed by atoms with E-state index in [0.717, 1.165) is 0 Å². The van der Waals surface area contributed by atoms with Crippen molar-refractivity contribution in [1.82, 2.24) is 4.98 Å². The first-order valence-electron chi connectivity index (χ1n) is 4.72. The molecule has 0 bridgehead atoms. The van der Waals surface area contributed by atoms with Crippen molar-refractivity contribution in [3.05, 3.63) is 17.2 Å². The molecule has 0 aliphatic heterocycles. The highest BCUT2D eigenvalue weighted by Gasteiger charge is 2.04. The van der Waals surface area contributed by atoms with Gasteiger partial charge in [-0.3, -0.25) is 9.59 Å². The number of aldehydes is 1. The summed E-state index contributed by atoms with van der Waals surface area (Å²) < 4.78 is 0. The first-order chi connectivity index (χ1) is 7.63. The molecule has 0 unspecified atom stereocenters. The number of carboxylic acid groups (broad SMARTS) is 1. The second-order valence-corrected chi connectivity index (χ2v) is 4.02. The molecule has 0 atom stereocenters. The SMILES string of the molecule is Nc1nc(C(C=O)=CCCCC(=O)O)cs1. The summed E-state index contributed by atoms with van der Waals surface area (Å²) in [5, 5.41) is 10.6. The maximum absolute atomic E-state index is 10.8. The maximum atomic E-state index is 10.8. The molecule has 1 aromatic heterocycles. The van der Waals surface area contributed by atoms with Gasteiger partial charge in [-0.05, 0) is 12.8 Å². The average Bonchev–Trinajstić information content (AvgIpc) is 2.64. The molecule has 16 heavy (non-hydrogen) atoms. The fraction of sp³-hybridized carbons (Fsp3) is 0.300. The third-order valence-corrected chi connectivity index (χ3v) is 2.58. The Bertz CT molecular complexity index is 412. The molecule has 0 spiro atoms. The Morgan fingerprint density at radius 2 is 2.38 bits per heavy atom. The van der Waals surface area contributed by atoms with Gasteiger partial charge in [-0.2, -0.15) is 0 Å². The van der Waals surface area contributed by atoms with E-state index in [1.165, 1.54) is 11.3 Å². The largest absolute Gasteiger partial charge is 0.481 e. The van der Waals surface area contributed by atoms with Gasteiger partial charge in [0.2, 0.25) is 0 Å². The molecule has 6 heteroatoms. The second-order valence-electron chi connectivity index (χ2n) is 3.13. The number of nitrogens with two attached hydrogens (primary N) is 1. The number of carbonyl (C=O) groups excluding carboxylic acids is 1. The van der Waals surface area contributed by atoms with Crippen LogP contribution in [0, 0.1) is 0 Å². The van der Waals surface area contributed by atoms with Gasteiger partial charge < -0.3 is 10.8 Å². The molecule has 0 radical (unpaired) electrons. The van der Waals surface area contributed by atoms with Crippen LogP contribution in [0.3, 0.4) is 0 Å². The molecular weight excluding hydrogens is 228 g/mol. The van der Waals surface area contributed by atoms with E-state index in [1.807, 2.05) is 0 Å². The average molecular weight is 240 g/mol. The molecule has 1 rings (SSSR count). The Morgan fingerprint density at radius 1 is 1.62 bits per heavy atom. The number of unbranched alkanes of at least 4 members (excludes halogenated alkanes) is 1. The van der Waals surface area contributed by atoms with E-state index in [4.69, 9.17) is 10.8 Å². The molecule has 0 aromatic carbocycles. The van der Waals surface area contributed by atoms with Crippen LogP contribution in [0.4, 0.5) is 5.13 Å². The first kappa shape index (κ1) is 12.4. The van der Waals surface area contributed by atoms with E-state index >= 15 is 0 Å². The predicted octanol–water partition coefficient (Wildman–Crippen LogP) is 1.56. The summed E-state index contributed by atoms with van der Waals surface area (Å²) in [5.74, 6) is -0.834. The molecule has 0 amide bonds. The minimum Gasteiger partial charge on any atom is -0.481 e. The zero-order chi connectivity index (χ0) is 12.0. The van der Waals surface area contributed by atoms with Crippen LogP contribution >= 0.6 is 11.3 Å². The first-order valence-corrected chi connectivity index (χ1v) is 5.60. The molecule has 0 aliphatic rings. The molecule has 86 valence electrons. The summed E-state index contributed by atoms with van der Waals surface area (Å²) >= 11 is 1.27. The lowest BCUT2D eigenvalue weighted by Crippen LogP contribution is -1.93. The number of aromatic nitrogens is 1. The zero-order valence-electron chi connectivity index (χ0n) is 8.55. The molecular formula is C10H12N2O3S. The number of aliphatic carboxylic acids is 1. The Labute approximate surface area is 96.6 Å². The fourth-order valence-corrected chi connectivity index (χ4v) is 1.72. The standard InChI is InChI=1S/C10H12N2O3S/c11-10-12-8(6-16-10)7(5-13)3-1-2-4-9(14)15/h3,5-6H,1-2,4H2,(H2,11,12)(H,14,15). The van der Waals surface area contributed by atoms with Crippen LogP contribution < -0.4 is 5.73 Å². The molecule has 3 N–H and O–H groups in total. The molecule has 1 heterocycles. The summed E-state index contributed by atoms with van der Waals surface area (Å²) in [6, 6.07) is 0. The monoisotopic (exact) mass is 240 g/mol. The van der Waals surface area contributed by atoms with E-state index in [-0.39, 0.29) is 6.42 Å². The van der Waals surface area contributed by atoms with Gasteiger partial charge in [0, 0.05) is 17.4 Å². The van der Waals surface area contributed by atoms with Gasteiger partial charge in [-0.15, -0.1) is 11.3 Å². The van der Waals surface area contributed by atoms with Crippen molar-refractivity contribution in [2.45, 2.75) is 19.3 Å². The number of nitrogens with zero attached hydrogens (tertiary/aromatic N) is 1. The zero-order valence-corrected chi connectivity index (χ0v) is 9.37. The highest BCUT2D eigenvalue weighted by atomic mass is 32.1. The van der Waals surface area contributed by atoms with Gasteiger partial charge in [-0.1, -0.05) is 6.08 Å². The van der Waals surface area contributed by atoms with Crippen molar-refractivity contribution >= 4 is 34.3 Å². The smallest absolute Gasteiger partial charge is 0.303 e. The Kier molecular flexibility index (Phi) is 4.65. The van der Waals surface area contributed by atoms with Gasteiger partial charge in [0.15, 0.2) is 11.4 Å². The summed E-state index contributed by atoms with van der Waals surface area (Å²) in [4.78, 5) is 25.0. The third-order valence-electron chi connectivity index (χ3n) is 1.90. The van der Waals surface area contributed by atoms with Crippen molar-refractivity contribution in [2.75, 3.05) is 5.73 Å². The topological polar surface area (TPSA) is 93.3 Å². The van der Waals surface area contributed by atoms with Crippen LogP contribution in [0.25, 0.3) is 5.57 Å². The third kappa shape index (κ3) is 3.82. The van der Waals surface area contributed by atoms with Gasteiger partial charge in [0.05, 0.1) is 5.69 Å². The van der Waals surface area contributed by atoms with E-state index < -0.39 is 5.97 Å². The number of allylic oxidation sites excluding steroid dienone is 2. The van der Waals surface area contributed by atoms with E-state index in [2.05, 4.69) is 4.98 Å². The molecule has 0 saturated heterocycles. The van der Waals surface area contributed by atoms with Crippen molar-refractivity contribution in [3.63, 3.8) is 0 Å². The minimum atomic E-state index is -0.834. The molecule has 0 fully saturated rings. The summed E-state index contributed by atoms with van der Waals surface area (Å²) in [7, 11) is 0. The molecule has 0 aliphatic carbocycles. The summed E-state index contributed by atoms with van der Waals surface area (Å²) in [5.41, 5.74) is 6.46. The number of hydrogen-bond acceptors (Lipinski definition) is 5. The normalized spacial score (nSPS) is 11.4. The van der Waals surface area contributed by atoms with E-state index in [1.54, 1.807) is 11.5 Å². The van der Waals surface area contributed by atoms with Crippen LogP contribution in [0.1, 0.15) is 25.0 Å². The number of carbonyl (C=O) groups is 2. The Hall–Kier alpha value is -1.69. The summed E-state index contributed by atoms with van der Waals surface area (Å²) in [6.07, 6.45) is 3.53. The fourth-order valence-electron chi connectivity index (χ4n) is 1.14. The van der Waals surface area contributed by atoms with E-state index in [9.17, 15) is 9.59 Å². The van der Waals surface area contributed by atoms with Crippen LogP contribution in [-0.2, 0) is 9.59 Å². The van der Waals surface area contributed by atoms with Crippen LogP contribution in [0.2, 0.25) is 0 Å². The van der Waals surface area contributed by atoms with Crippen LogP contribution in [0.5, 0.6) is 0 Å². The number of carboxylic acids is 1. The number of hydrogen-bond donors (Lipinski definition) is 2. The van der Waals surface area contributed by atoms with Gasteiger partial charge >= 0.3 is 5.97 Å². The molecule has 1 aromatic rings. The van der Waals surface area contributed by atoms with Crippen molar-refractivity contribution in [3.8, 4) is 0 Å². The van der Waals surface area contributed by atoms with Crippen LogP contribution in [0.15, 0.2) is 11.5 Å². The quantitative estimate of drug-likeness (QED) is 0.447. The number of rotatable bonds is 6. The van der Waals surface area contributed by atoms with Gasteiger partial charge in [0.1, 0.15) is 0 Å². The van der Waals surface area contributed by atoms with Crippen LogP contribution in [-0.4, -0.2) is 22.3 Å². The summed E-state index contributed by atoms with van der Waals surface area (Å²) in [6.45, 7) is 0. The van der Waals surface area contributed by atoms with Gasteiger partial charge in [-0.25, -0.2) is 4.98 Å². The van der Waals surface area contributed by atoms with Crippen molar-refractivity contribution in [1.29, 1.82) is 0 Å². The Morgan fingerprint density at radius 3 is 2.88 bits per heavy atom.